The molecule has 0 unspecified atom stereocenters. The van der Waals surface area contributed by atoms with Gasteiger partial charge in [0.15, 0.2) is 5.65 Å². The fraction of sp³-hybridized carbons (Fsp3) is 0.316. The number of fused-ring (bicyclic) bond motifs is 1. The highest BCUT2D eigenvalue weighted by molar-refractivity contribution is 6.06. The zero-order chi connectivity index (χ0) is 20.6. The SMILES string of the molecule is Cc1nc2c(cnn2C(C)C)cc1C(=O)Nc1cc(CN)cc(C(F)(F)F)c1. The lowest BCUT2D eigenvalue weighted by molar-refractivity contribution is -0.137. The minimum Gasteiger partial charge on any atom is -0.326 e. The van der Waals surface area contributed by atoms with Gasteiger partial charge in [-0.05, 0) is 50.6 Å². The number of carbonyl (C=O) groups excluding carboxylic acids is 1. The Morgan fingerprint density at radius 1 is 1.25 bits per heavy atom. The highest BCUT2D eigenvalue weighted by Crippen LogP contribution is 2.32. The number of hydrogen-bond donors (Lipinski definition) is 2. The van der Waals surface area contributed by atoms with Crippen LogP contribution in [-0.2, 0) is 12.7 Å². The number of pyridine rings is 1. The molecule has 2 heterocycles. The van der Waals surface area contributed by atoms with Crippen LogP contribution in [0.5, 0.6) is 0 Å². The van der Waals surface area contributed by atoms with E-state index in [0.717, 1.165) is 12.1 Å². The van der Waals surface area contributed by atoms with Crippen LogP contribution in [-0.4, -0.2) is 20.7 Å². The highest BCUT2D eigenvalue weighted by Gasteiger charge is 2.31. The van der Waals surface area contributed by atoms with E-state index in [0.29, 0.717) is 16.7 Å². The Labute approximate surface area is 159 Å². The molecule has 9 heteroatoms. The minimum absolute atomic E-state index is 0.0256. The lowest BCUT2D eigenvalue weighted by Gasteiger charge is -2.13. The molecule has 0 aliphatic heterocycles. The van der Waals surface area contributed by atoms with Crippen molar-refractivity contribution in [1.29, 1.82) is 0 Å². The second kappa shape index (κ2) is 7.23. The molecule has 1 amide bonds. The van der Waals surface area contributed by atoms with E-state index in [9.17, 15) is 18.0 Å². The van der Waals surface area contributed by atoms with Crippen LogP contribution < -0.4 is 11.1 Å². The molecule has 0 fully saturated rings. The summed E-state index contributed by atoms with van der Waals surface area (Å²) in [6.07, 6.45) is -2.93. The Morgan fingerprint density at radius 3 is 2.57 bits per heavy atom. The summed E-state index contributed by atoms with van der Waals surface area (Å²) in [5, 5.41) is 7.46. The third-order valence-electron chi connectivity index (χ3n) is 4.31. The molecule has 0 atom stereocenters. The topological polar surface area (TPSA) is 85.8 Å². The maximum atomic E-state index is 13.1. The molecule has 3 rings (SSSR count). The predicted molar refractivity (Wildman–Crippen MR) is 99.9 cm³/mol. The average molecular weight is 391 g/mol. The Morgan fingerprint density at radius 2 is 1.96 bits per heavy atom. The number of alkyl halides is 3. The summed E-state index contributed by atoms with van der Waals surface area (Å²) in [4.78, 5) is 17.1. The molecule has 2 aromatic heterocycles. The molecule has 1 aromatic carbocycles. The van der Waals surface area contributed by atoms with Crippen molar-refractivity contribution in [3.05, 3.63) is 52.8 Å². The van der Waals surface area contributed by atoms with Gasteiger partial charge in [0.05, 0.1) is 23.0 Å². The van der Waals surface area contributed by atoms with Crippen LogP contribution in [0.1, 0.15) is 47.1 Å². The monoisotopic (exact) mass is 391 g/mol. The van der Waals surface area contributed by atoms with Crippen molar-refractivity contribution in [2.24, 2.45) is 5.73 Å². The molecule has 3 N–H and O–H groups in total. The smallest absolute Gasteiger partial charge is 0.326 e. The molecule has 6 nitrogen and oxygen atoms in total. The number of aromatic nitrogens is 3. The molecule has 148 valence electrons. The first kappa shape index (κ1) is 19.8. The van der Waals surface area contributed by atoms with Gasteiger partial charge in [-0.15, -0.1) is 0 Å². The van der Waals surface area contributed by atoms with Crippen LogP contribution in [0.2, 0.25) is 0 Å². The molecule has 0 aliphatic carbocycles. The molecule has 28 heavy (non-hydrogen) atoms. The largest absolute Gasteiger partial charge is 0.416 e. The number of carbonyl (C=O) groups is 1. The number of benzene rings is 1. The normalized spacial score (nSPS) is 12.0. The van der Waals surface area contributed by atoms with Gasteiger partial charge < -0.3 is 11.1 Å². The van der Waals surface area contributed by atoms with Crippen LogP contribution in [0, 0.1) is 6.92 Å². The van der Waals surface area contributed by atoms with Crippen molar-refractivity contribution < 1.29 is 18.0 Å². The number of nitrogens with one attached hydrogen (secondary N) is 1. The fourth-order valence-corrected chi connectivity index (χ4v) is 2.92. The second-order valence-electron chi connectivity index (χ2n) is 6.79. The first-order valence-electron chi connectivity index (χ1n) is 8.67. The van der Waals surface area contributed by atoms with E-state index in [1.165, 1.54) is 6.07 Å². The standard InChI is InChI=1S/C19H20F3N5O/c1-10(2)27-17-13(9-24-27)6-16(11(3)25-17)18(28)26-15-5-12(8-23)4-14(7-15)19(20,21)22/h4-7,9-10H,8,23H2,1-3H3,(H,26,28). The number of aryl methyl sites for hydroxylation is 1. The summed E-state index contributed by atoms with van der Waals surface area (Å²) >= 11 is 0. The van der Waals surface area contributed by atoms with E-state index in [-0.39, 0.29) is 29.4 Å². The number of halogens is 3. The Hall–Kier alpha value is -2.94. The van der Waals surface area contributed by atoms with Crippen LogP contribution in [0.3, 0.4) is 0 Å². The van der Waals surface area contributed by atoms with Crippen molar-refractivity contribution >= 4 is 22.6 Å². The van der Waals surface area contributed by atoms with Crippen LogP contribution in [0.15, 0.2) is 30.5 Å². The highest BCUT2D eigenvalue weighted by atomic mass is 19.4. The molecule has 0 bridgehead atoms. The lowest BCUT2D eigenvalue weighted by Crippen LogP contribution is -2.16. The van der Waals surface area contributed by atoms with Crippen LogP contribution >= 0.6 is 0 Å². The van der Waals surface area contributed by atoms with Gasteiger partial charge in [0.1, 0.15) is 0 Å². The molecule has 0 saturated carbocycles. The van der Waals surface area contributed by atoms with Gasteiger partial charge >= 0.3 is 6.18 Å². The summed E-state index contributed by atoms with van der Waals surface area (Å²) in [5.74, 6) is -0.550. The third kappa shape index (κ3) is 3.84. The summed E-state index contributed by atoms with van der Waals surface area (Å²) in [6.45, 7) is 5.52. The molecule has 3 aromatic rings. The van der Waals surface area contributed by atoms with Crippen LogP contribution in [0.25, 0.3) is 11.0 Å². The quantitative estimate of drug-likeness (QED) is 0.703. The summed E-state index contributed by atoms with van der Waals surface area (Å²) < 4.78 is 41.0. The molecule has 0 aliphatic rings. The lowest BCUT2D eigenvalue weighted by atomic mass is 10.1. The zero-order valence-electron chi connectivity index (χ0n) is 15.6. The van der Waals surface area contributed by atoms with Crippen molar-refractivity contribution in [2.45, 2.75) is 39.5 Å². The zero-order valence-corrected chi connectivity index (χ0v) is 15.6. The molecular formula is C19H20F3N5O. The fourth-order valence-electron chi connectivity index (χ4n) is 2.92. The van der Waals surface area contributed by atoms with E-state index in [2.05, 4.69) is 15.4 Å². The maximum absolute atomic E-state index is 13.1. The first-order valence-corrected chi connectivity index (χ1v) is 8.67. The van der Waals surface area contributed by atoms with Crippen molar-refractivity contribution in [1.82, 2.24) is 14.8 Å². The van der Waals surface area contributed by atoms with E-state index in [1.54, 1.807) is 23.9 Å². The Kier molecular flexibility index (Phi) is 5.12. The maximum Gasteiger partial charge on any atom is 0.416 e. The average Bonchev–Trinajstić information content (AvgIpc) is 3.02. The number of nitrogens with two attached hydrogens (primary N) is 1. The molecule has 0 saturated heterocycles. The Balaban J connectivity index is 1.96. The van der Waals surface area contributed by atoms with Gasteiger partial charge in [-0.1, -0.05) is 0 Å². The Bertz CT molecular complexity index is 1040. The summed E-state index contributed by atoms with van der Waals surface area (Å²) in [5.41, 5.74) is 6.29. The number of nitrogens with zero attached hydrogens (tertiary/aromatic N) is 3. The van der Waals surface area contributed by atoms with Crippen molar-refractivity contribution in [3.63, 3.8) is 0 Å². The van der Waals surface area contributed by atoms with Gasteiger partial charge in [0.2, 0.25) is 0 Å². The number of hydrogen-bond acceptors (Lipinski definition) is 4. The molecular weight excluding hydrogens is 371 g/mol. The van der Waals surface area contributed by atoms with Gasteiger partial charge in [0.25, 0.3) is 5.91 Å². The van der Waals surface area contributed by atoms with Crippen molar-refractivity contribution in [2.75, 3.05) is 5.32 Å². The predicted octanol–water partition coefficient (Wildman–Crippen LogP) is 4.05. The summed E-state index contributed by atoms with van der Waals surface area (Å²) in [6, 6.07) is 5.01. The van der Waals surface area contributed by atoms with E-state index < -0.39 is 17.6 Å². The molecule has 0 radical (unpaired) electrons. The van der Waals surface area contributed by atoms with E-state index in [1.807, 2.05) is 13.8 Å². The van der Waals surface area contributed by atoms with Gasteiger partial charge in [0, 0.05) is 23.7 Å². The second-order valence-corrected chi connectivity index (χ2v) is 6.79. The number of anilines is 1. The van der Waals surface area contributed by atoms with Crippen molar-refractivity contribution in [3.8, 4) is 0 Å². The number of amides is 1. The van der Waals surface area contributed by atoms with E-state index >= 15 is 0 Å². The van der Waals surface area contributed by atoms with E-state index in [4.69, 9.17) is 5.73 Å². The van der Waals surface area contributed by atoms with Crippen LogP contribution in [0.4, 0.5) is 18.9 Å². The number of rotatable bonds is 4. The molecule has 0 spiro atoms. The first-order chi connectivity index (χ1) is 13.1. The van der Waals surface area contributed by atoms with Gasteiger partial charge in [-0.2, -0.15) is 18.3 Å². The summed E-state index contributed by atoms with van der Waals surface area (Å²) in [7, 11) is 0. The minimum atomic E-state index is -4.54. The van der Waals surface area contributed by atoms with Gasteiger partial charge in [-0.3, -0.25) is 4.79 Å². The van der Waals surface area contributed by atoms with Gasteiger partial charge in [-0.25, -0.2) is 9.67 Å². The third-order valence-corrected chi connectivity index (χ3v) is 4.31.